The van der Waals surface area contributed by atoms with Gasteiger partial charge in [0.05, 0.1) is 6.04 Å². The second kappa shape index (κ2) is 3.83. The summed E-state index contributed by atoms with van der Waals surface area (Å²) in [5.41, 5.74) is 6.32. The molecule has 1 aliphatic rings. The fourth-order valence-electron chi connectivity index (χ4n) is 2.31. The Hall–Kier alpha value is -0.370. The number of rotatable bonds is 4. The third-order valence-corrected chi connectivity index (χ3v) is 4.44. The van der Waals surface area contributed by atoms with Gasteiger partial charge in [-0.3, -0.25) is 4.79 Å². The molecule has 0 radical (unpaired) electrons. The molecule has 0 bridgehead atoms. The van der Waals surface area contributed by atoms with E-state index >= 15 is 0 Å². The molecule has 1 aliphatic carbocycles. The van der Waals surface area contributed by atoms with Gasteiger partial charge in [0.15, 0.2) is 5.78 Å². The van der Waals surface area contributed by atoms with Gasteiger partial charge in [-0.25, -0.2) is 0 Å². The maximum absolute atomic E-state index is 12.1. The molecule has 16 heavy (non-hydrogen) atoms. The molecule has 2 nitrogen and oxygen atoms in total. The van der Waals surface area contributed by atoms with E-state index in [0.29, 0.717) is 5.41 Å². The first kappa shape index (κ1) is 13.7. The average molecular weight is 225 g/mol. The van der Waals surface area contributed by atoms with E-state index in [2.05, 4.69) is 20.8 Å². The first-order chi connectivity index (χ1) is 7.00. The summed E-state index contributed by atoms with van der Waals surface area (Å²) in [7, 11) is 0. The fourth-order valence-corrected chi connectivity index (χ4v) is 2.31. The zero-order valence-electron chi connectivity index (χ0n) is 11.7. The summed E-state index contributed by atoms with van der Waals surface area (Å²) in [4.78, 5) is 12.1. The van der Waals surface area contributed by atoms with E-state index in [4.69, 9.17) is 5.73 Å². The van der Waals surface area contributed by atoms with Gasteiger partial charge in [0, 0.05) is 5.41 Å². The highest BCUT2D eigenvalue weighted by molar-refractivity contribution is 5.88. The fraction of sp³-hybridized carbons (Fsp3) is 0.929. The van der Waals surface area contributed by atoms with Crippen molar-refractivity contribution in [3.63, 3.8) is 0 Å². The quantitative estimate of drug-likeness (QED) is 0.798. The SMILES string of the molecule is CC(C)(C)C(=O)C(N)CC(C)(C)C1(C)CC1. The monoisotopic (exact) mass is 225 g/mol. The molecule has 0 spiro atoms. The molecular weight excluding hydrogens is 198 g/mol. The van der Waals surface area contributed by atoms with Crippen LogP contribution in [0.15, 0.2) is 0 Å². The van der Waals surface area contributed by atoms with Crippen LogP contribution in [-0.4, -0.2) is 11.8 Å². The van der Waals surface area contributed by atoms with Crippen molar-refractivity contribution in [2.75, 3.05) is 0 Å². The zero-order chi connectivity index (χ0) is 12.8. The summed E-state index contributed by atoms with van der Waals surface area (Å²) in [6.07, 6.45) is 3.35. The molecule has 2 heteroatoms. The van der Waals surface area contributed by atoms with Crippen LogP contribution in [0.4, 0.5) is 0 Å². The van der Waals surface area contributed by atoms with Crippen LogP contribution >= 0.6 is 0 Å². The summed E-state index contributed by atoms with van der Waals surface area (Å²) in [6, 6.07) is -0.313. The lowest BCUT2D eigenvalue weighted by molar-refractivity contribution is -0.128. The maximum Gasteiger partial charge on any atom is 0.154 e. The molecule has 0 heterocycles. The van der Waals surface area contributed by atoms with Gasteiger partial charge in [-0.15, -0.1) is 0 Å². The molecule has 1 saturated carbocycles. The van der Waals surface area contributed by atoms with Crippen LogP contribution in [-0.2, 0) is 4.79 Å². The second-order valence-electron chi connectivity index (χ2n) is 7.37. The highest BCUT2D eigenvalue weighted by Crippen LogP contribution is 2.59. The van der Waals surface area contributed by atoms with Gasteiger partial charge in [-0.2, -0.15) is 0 Å². The molecule has 0 aromatic rings. The van der Waals surface area contributed by atoms with Crippen LogP contribution in [0.5, 0.6) is 0 Å². The summed E-state index contributed by atoms with van der Waals surface area (Å²) >= 11 is 0. The molecule has 0 aliphatic heterocycles. The lowest BCUT2D eigenvalue weighted by Gasteiger charge is -2.35. The van der Waals surface area contributed by atoms with Crippen LogP contribution in [0, 0.1) is 16.2 Å². The highest BCUT2D eigenvalue weighted by Gasteiger charge is 2.51. The van der Waals surface area contributed by atoms with Crippen molar-refractivity contribution in [2.45, 2.75) is 66.8 Å². The minimum Gasteiger partial charge on any atom is -0.321 e. The minimum absolute atomic E-state index is 0.174. The Bertz CT molecular complexity index is 282. The first-order valence-electron chi connectivity index (χ1n) is 6.30. The van der Waals surface area contributed by atoms with Gasteiger partial charge in [0.1, 0.15) is 0 Å². The van der Waals surface area contributed by atoms with E-state index in [1.807, 2.05) is 20.8 Å². The average Bonchev–Trinajstić information content (AvgIpc) is 2.81. The van der Waals surface area contributed by atoms with Crippen LogP contribution in [0.1, 0.15) is 60.8 Å². The van der Waals surface area contributed by atoms with Crippen molar-refractivity contribution in [1.29, 1.82) is 0 Å². The third kappa shape index (κ3) is 2.65. The summed E-state index contributed by atoms with van der Waals surface area (Å²) in [6.45, 7) is 12.6. The largest absolute Gasteiger partial charge is 0.321 e. The molecule has 1 atom stereocenters. The normalized spacial score (nSPS) is 21.7. The van der Waals surface area contributed by atoms with Crippen molar-refractivity contribution in [3.05, 3.63) is 0 Å². The minimum atomic E-state index is -0.319. The Kier molecular flexibility index (Phi) is 3.28. The number of carbonyl (C=O) groups excluding carboxylic acids is 1. The molecule has 1 rings (SSSR count). The van der Waals surface area contributed by atoms with E-state index in [-0.39, 0.29) is 22.7 Å². The number of carbonyl (C=O) groups is 1. The summed E-state index contributed by atoms with van der Waals surface area (Å²) < 4.78 is 0. The zero-order valence-corrected chi connectivity index (χ0v) is 11.7. The second-order valence-corrected chi connectivity index (χ2v) is 7.37. The topological polar surface area (TPSA) is 43.1 Å². The number of hydrogen-bond acceptors (Lipinski definition) is 2. The van der Waals surface area contributed by atoms with Crippen molar-refractivity contribution < 1.29 is 4.79 Å². The molecule has 1 fully saturated rings. The van der Waals surface area contributed by atoms with Gasteiger partial charge in [0.25, 0.3) is 0 Å². The van der Waals surface area contributed by atoms with Gasteiger partial charge in [-0.05, 0) is 30.1 Å². The van der Waals surface area contributed by atoms with Gasteiger partial charge in [-0.1, -0.05) is 41.5 Å². The van der Waals surface area contributed by atoms with Crippen LogP contribution in [0.2, 0.25) is 0 Å². The number of ketones is 1. The highest BCUT2D eigenvalue weighted by atomic mass is 16.1. The Balaban J connectivity index is 2.64. The predicted octanol–water partition coefficient (Wildman–Crippen LogP) is 3.15. The standard InChI is InChI=1S/C14H27NO/c1-12(2,3)11(16)10(15)9-13(4,5)14(6)7-8-14/h10H,7-9,15H2,1-6H3. The molecule has 2 N–H and O–H groups in total. The summed E-state index contributed by atoms with van der Waals surface area (Å²) in [5.74, 6) is 0.185. The van der Waals surface area contributed by atoms with E-state index in [1.165, 1.54) is 12.8 Å². The van der Waals surface area contributed by atoms with Crippen LogP contribution in [0.3, 0.4) is 0 Å². The lowest BCUT2D eigenvalue weighted by atomic mass is 9.70. The third-order valence-electron chi connectivity index (χ3n) is 4.44. The Morgan fingerprint density at radius 3 is 2.00 bits per heavy atom. The number of nitrogens with two attached hydrogens (primary N) is 1. The number of Topliss-reactive ketones (excluding diaryl/α,β-unsaturated/α-hetero) is 1. The Labute approximate surface area is 100.0 Å². The molecular formula is C14H27NO. The van der Waals surface area contributed by atoms with E-state index < -0.39 is 0 Å². The van der Waals surface area contributed by atoms with Gasteiger partial charge >= 0.3 is 0 Å². The smallest absolute Gasteiger partial charge is 0.154 e. The van der Waals surface area contributed by atoms with E-state index in [9.17, 15) is 4.79 Å². The van der Waals surface area contributed by atoms with Crippen molar-refractivity contribution in [2.24, 2.45) is 22.0 Å². The molecule has 0 aromatic heterocycles. The first-order valence-corrected chi connectivity index (χ1v) is 6.30. The van der Waals surface area contributed by atoms with Crippen LogP contribution < -0.4 is 5.73 Å². The Morgan fingerprint density at radius 1 is 1.25 bits per heavy atom. The molecule has 1 unspecified atom stereocenters. The molecule has 0 saturated heterocycles. The lowest BCUT2D eigenvalue weighted by Crippen LogP contribution is -2.43. The van der Waals surface area contributed by atoms with Crippen molar-refractivity contribution in [3.8, 4) is 0 Å². The molecule has 0 amide bonds. The van der Waals surface area contributed by atoms with Crippen LogP contribution in [0.25, 0.3) is 0 Å². The predicted molar refractivity (Wildman–Crippen MR) is 68.2 cm³/mol. The van der Waals surface area contributed by atoms with Gasteiger partial charge in [0.2, 0.25) is 0 Å². The van der Waals surface area contributed by atoms with E-state index in [0.717, 1.165) is 6.42 Å². The van der Waals surface area contributed by atoms with Crippen molar-refractivity contribution in [1.82, 2.24) is 0 Å². The molecule has 0 aromatic carbocycles. The summed E-state index contributed by atoms with van der Waals surface area (Å²) in [5, 5.41) is 0. The van der Waals surface area contributed by atoms with Gasteiger partial charge < -0.3 is 5.73 Å². The molecule has 94 valence electrons. The number of hydrogen-bond donors (Lipinski definition) is 1. The van der Waals surface area contributed by atoms with Crippen molar-refractivity contribution >= 4 is 5.78 Å². The van der Waals surface area contributed by atoms with E-state index in [1.54, 1.807) is 0 Å². The Morgan fingerprint density at radius 2 is 1.69 bits per heavy atom. The maximum atomic E-state index is 12.1.